The van der Waals surface area contributed by atoms with E-state index in [0.29, 0.717) is 6.26 Å². The smallest absolute Gasteiger partial charge is 0.261 e. The molecule has 3 N–H and O–H groups in total. The molecular weight excluding hydrogens is 298 g/mol. The Morgan fingerprint density at radius 1 is 0.909 bits per heavy atom. The van der Waals surface area contributed by atoms with Crippen LogP contribution in [0.2, 0.25) is 0 Å². The predicted molar refractivity (Wildman–Crippen MR) is 96.7 cm³/mol. The average molecular weight is 338 g/mol. The van der Waals surface area contributed by atoms with Gasteiger partial charge in [0.1, 0.15) is 0 Å². The van der Waals surface area contributed by atoms with Crippen molar-refractivity contribution in [2.75, 3.05) is 6.26 Å². The molecular formula is C17H39NO3S. The molecule has 0 bridgehead atoms. The van der Waals surface area contributed by atoms with Gasteiger partial charge in [-0.1, -0.05) is 65.2 Å². The van der Waals surface area contributed by atoms with Gasteiger partial charge in [-0.15, -0.1) is 0 Å². The third kappa shape index (κ3) is 22.2. The molecule has 0 amide bonds. The summed E-state index contributed by atoms with van der Waals surface area (Å²) in [5.74, 6) is 0.719. The fraction of sp³-hybridized carbons (Fsp3) is 1.00. The molecule has 0 radical (unpaired) electrons. The van der Waals surface area contributed by atoms with Crippen LogP contribution < -0.4 is 5.73 Å². The normalized spacial score (nSPS) is 12.2. The summed E-state index contributed by atoms with van der Waals surface area (Å²) in [4.78, 5) is 0. The van der Waals surface area contributed by atoms with Gasteiger partial charge in [-0.25, -0.2) is 0 Å². The molecule has 5 heteroatoms. The number of unbranched alkanes of at least 4 members (excludes halogenated alkanes) is 6. The maximum atomic E-state index is 9.19. The SMILES string of the molecule is CCCCCCC(CCCCCC)C(C)(C)N.CS(=O)(=O)O. The number of nitrogens with two attached hydrogens (primary N) is 1. The van der Waals surface area contributed by atoms with E-state index in [1.54, 1.807) is 0 Å². The summed E-state index contributed by atoms with van der Waals surface area (Å²) < 4.78 is 25.9. The fourth-order valence-electron chi connectivity index (χ4n) is 2.52. The van der Waals surface area contributed by atoms with Gasteiger partial charge in [0.2, 0.25) is 0 Å². The van der Waals surface area contributed by atoms with E-state index in [-0.39, 0.29) is 5.54 Å². The van der Waals surface area contributed by atoms with Gasteiger partial charge in [0.15, 0.2) is 0 Å². The van der Waals surface area contributed by atoms with Crippen molar-refractivity contribution >= 4 is 10.1 Å². The molecule has 0 unspecified atom stereocenters. The Bertz CT molecular complexity index is 314. The van der Waals surface area contributed by atoms with Gasteiger partial charge in [-0.3, -0.25) is 4.55 Å². The van der Waals surface area contributed by atoms with Crippen LogP contribution in [0.15, 0.2) is 0 Å². The Kier molecular flexibility index (Phi) is 14.6. The van der Waals surface area contributed by atoms with Crippen LogP contribution in [-0.4, -0.2) is 24.8 Å². The van der Waals surface area contributed by atoms with Crippen LogP contribution in [0.25, 0.3) is 0 Å². The molecule has 0 aliphatic rings. The van der Waals surface area contributed by atoms with Gasteiger partial charge >= 0.3 is 0 Å². The van der Waals surface area contributed by atoms with E-state index in [1.807, 2.05) is 0 Å². The van der Waals surface area contributed by atoms with Gasteiger partial charge in [0.25, 0.3) is 10.1 Å². The topological polar surface area (TPSA) is 80.4 Å². The first-order valence-electron chi connectivity index (χ1n) is 8.73. The standard InChI is InChI=1S/C16H35N.CH4O3S/c1-5-7-9-11-13-15(16(3,4)17)14-12-10-8-6-2;1-5(2,3)4/h15H,5-14,17H2,1-4H3;1H3,(H,2,3,4). The van der Waals surface area contributed by atoms with Crippen LogP contribution in [-0.2, 0) is 10.1 Å². The van der Waals surface area contributed by atoms with E-state index in [2.05, 4.69) is 27.7 Å². The molecule has 0 atom stereocenters. The van der Waals surface area contributed by atoms with Gasteiger partial charge in [-0.2, -0.15) is 8.42 Å². The second kappa shape index (κ2) is 13.3. The van der Waals surface area contributed by atoms with Gasteiger partial charge in [0, 0.05) is 5.54 Å². The summed E-state index contributed by atoms with van der Waals surface area (Å²) in [5, 5.41) is 0. The third-order valence-electron chi connectivity index (χ3n) is 3.86. The lowest BCUT2D eigenvalue weighted by atomic mass is 9.80. The van der Waals surface area contributed by atoms with E-state index in [9.17, 15) is 8.42 Å². The maximum Gasteiger partial charge on any atom is 0.261 e. The molecule has 0 spiro atoms. The van der Waals surface area contributed by atoms with Crippen LogP contribution in [0.1, 0.15) is 91.9 Å². The van der Waals surface area contributed by atoms with E-state index < -0.39 is 10.1 Å². The minimum absolute atomic E-state index is 0.0123. The zero-order valence-corrected chi connectivity index (χ0v) is 16.2. The van der Waals surface area contributed by atoms with Gasteiger partial charge in [-0.05, 0) is 32.6 Å². The van der Waals surface area contributed by atoms with E-state index >= 15 is 0 Å². The average Bonchev–Trinajstić information content (AvgIpc) is 2.33. The molecule has 0 aromatic carbocycles. The number of hydrogen-bond donors (Lipinski definition) is 2. The summed E-state index contributed by atoms with van der Waals surface area (Å²) in [6, 6.07) is 0. The number of rotatable bonds is 11. The van der Waals surface area contributed by atoms with Crippen molar-refractivity contribution < 1.29 is 13.0 Å². The third-order valence-corrected chi connectivity index (χ3v) is 3.86. The molecule has 0 aliphatic heterocycles. The first kappa shape index (κ1) is 24.1. The lowest BCUT2D eigenvalue weighted by Gasteiger charge is -2.31. The van der Waals surface area contributed by atoms with Crippen molar-refractivity contribution in [2.24, 2.45) is 11.7 Å². The lowest BCUT2D eigenvalue weighted by molar-refractivity contribution is 0.267. The van der Waals surface area contributed by atoms with Crippen LogP contribution in [0.3, 0.4) is 0 Å². The minimum atomic E-state index is -3.67. The van der Waals surface area contributed by atoms with Crippen LogP contribution in [0.5, 0.6) is 0 Å². The molecule has 0 saturated carbocycles. The van der Waals surface area contributed by atoms with E-state index in [4.69, 9.17) is 10.3 Å². The second-order valence-electron chi connectivity index (χ2n) is 6.95. The summed E-state index contributed by atoms with van der Waals surface area (Å²) in [6.45, 7) is 8.96. The van der Waals surface area contributed by atoms with Crippen LogP contribution >= 0.6 is 0 Å². The zero-order valence-electron chi connectivity index (χ0n) is 15.4. The second-order valence-corrected chi connectivity index (χ2v) is 8.42. The highest BCUT2D eigenvalue weighted by Gasteiger charge is 2.23. The quantitative estimate of drug-likeness (QED) is 0.420. The monoisotopic (exact) mass is 337 g/mol. The molecule has 136 valence electrons. The summed E-state index contributed by atoms with van der Waals surface area (Å²) in [7, 11) is -3.67. The summed E-state index contributed by atoms with van der Waals surface area (Å²) in [6.07, 6.45) is 14.3. The highest BCUT2D eigenvalue weighted by molar-refractivity contribution is 7.85. The van der Waals surface area contributed by atoms with Crippen molar-refractivity contribution in [1.82, 2.24) is 0 Å². The van der Waals surface area contributed by atoms with E-state index in [1.165, 1.54) is 64.2 Å². The molecule has 0 heterocycles. The lowest BCUT2D eigenvalue weighted by Crippen LogP contribution is -2.40. The first-order chi connectivity index (χ1) is 10.0. The highest BCUT2D eigenvalue weighted by atomic mass is 32.2. The molecule has 0 saturated heterocycles. The molecule has 0 rings (SSSR count). The van der Waals surface area contributed by atoms with Crippen LogP contribution in [0, 0.1) is 5.92 Å². The fourth-order valence-corrected chi connectivity index (χ4v) is 2.52. The Hall–Kier alpha value is -0.130. The van der Waals surface area contributed by atoms with Crippen molar-refractivity contribution in [3.63, 3.8) is 0 Å². The molecule has 0 aliphatic carbocycles. The molecule has 22 heavy (non-hydrogen) atoms. The maximum absolute atomic E-state index is 9.19. The minimum Gasteiger partial charge on any atom is -0.325 e. The summed E-state index contributed by atoms with van der Waals surface area (Å²) >= 11 is 0. The van der Waals surface area contributed by atoms with Gasteiger partial charge in [0.05, 0.1) is 6.26 Å². The van der Waals surface area contributed by atoms with Crippen molar-refractivity contribution in [3.05, 3.63) is 0 Å². The Morgan fingerprint density at radius 2 is 1.23 bits per heavy atom. The summed E-state index contributed by atoms with van der Waals surface area (Å²) in [5.41, 5.74) is 6.32. The van der Waals surface area contributed by atoms with Crippen LogP contribution in [0.4, 0.5) is 0 Å². The Balaban J connectivity index is 0. The molecule has 0 aromatic rings. The van der Waals surface area contributed by atoms with Gasteiger partial charge < -0.3 is 5.73 Å². The van der Waals surface area contributed by atoms with Crippen molar-refractivity contribution in [3.8, 4) is 0 Å². The first-order valence-corrected chi connectivity index (χ1v) is 10.6. The molecule has 0 aromatic heterocycles. The highest BCUT2D eigenvalue weighted by Crippen LogP contribution is 2.26. The van der Waals surface area contributed by atoms with Crippen molar-refractivity contribution in [2.45, 2.75) is 97.4 Å². The molecule has 0 fully saturated rings. The zero-order chi connectivity index (χ0) is 17.6. The number of hydrogen-bond acceptors (Lipinski definition) is 3. The van der Waals surface area contributed by atoms with E-state index in [0.717, 1.165) is 5.92 Å². The van der Waals surface area contributed by atoms with Crippen molar-refractivity contribution in [1.29, 1.82) is 0 Å². The molecule has 4 nitrogen and oxygen atoms in total. The Labute approximate surface area is 139 Å². The largest absolute Gasteiger partial charge is 0.325 e. The predicted octanol–water partition coefficient (Wildman–Crippen LogP) is 4.78. The Morgan fingerprint density at radius 3 is 1.45 bits per heavy atom.